The lowest BCUT2D eigenvalue weighted by Crippen LogP contribution is -2.24. The van der Waals surface area contributed by atoms with Crippen molar-refractivity contribution >= 4 is 10.9 Å². The highest BCUT2D eigenvalue weighted by molar-refractivity contribution is 5.89. The molecule has 0 aliphatic rings. The molecule has 0 amide bonds. The molecule has 0 atom stereocenters. The van der Waals surface area contributed by atoms with E-state index in [4.69, 9.17) is 14.2 Å². The van der Waals surface area contributed by atoms with Gasteiger partial charge in [0.15, 0.2) is 5.75 Å². The van der Waals surface area contributed by atoms with Gasteiger partial charge in [-0.2, -0.15) is 0 Å². The average molecular weight is 508 g/mol. The van der Waals surface area contributed by atoms with Gasteiger partial charge < -0.3 is 18.8 Å². The molecule has 5 heteroatoms. The maximum atomic E-state index is 13.8. The molecule has 5 nitrogen and oxygen atoms in total. The van der Waals surface area contributed by atoms with Crippen LogP contribution in [0.5, 0.6) is 17.2 Å². The Labute approximate surface area is 222 Å². The first-order valence-electron chi connectivity index (χ1n) is 14.3. The van der Waals surface area contributed by atoms with Crippen molar-refractivity contribution in [1.82, 2.24) is 4.57 Å². The van der Waals surface area contributed by atoms with Gasteiger partial charge in [-0.15, -0.1) is 0 Å². The van der Waals surface area contributed by atoms with Crippen LogP contribution in [-0.2, 0) is 13.2 Å². The number of unbranched alkanes of at least 4 members (excludes halogenated alkanes) is 7. The Morgan fingerprint density at radius 2 is 1.35 bits per heavy atom. The summed E-state index contributed by atoms with van der Waals surface area (Å²) < 4.78 is 20.4. The lowest BCUT2D eigenvalue weighted by atomic mass is 10.1. The SMILES string of the molecule is CCCCCCCCOc1c(OCCCC)c2ccc(OCc3ccccc3)cc2n(CCCC)c1=O. The lowest BCUT2D eigenvalue weighted by Gasteiger charge is -2.19. The third kappa shape index (κ3) is 8.55. The summed E-state index contributed by atoms with van der Waals surface area (Å²) in [5, 5.41) is 0.900. The average Bonchev–Trinajstić information content (AvgIpc) is 2.93. The van der Waals surface area contributed by atoms with E-state index in [0.29, 0.717) is 37.9 Å². The van der Waals surface area contributed by atoms with Crippen LogP contribution in [-0.4, -0.2) is 17.8 Å². The molecule has 0 fully saturated rings. The molecule has 0 saturated heterocycles. The highest BCUT2D eigenvalue weighted by Crippen LogP contribution is 2.35. The fourth-order valence-electron chi connectivity index (χ4n) is 4.39. The summed E-state index contributed by atoms with van der Waals surface area (Å²) in [5.41, 5.74) is 1.83. The van der Waals surface area contributed by atoms with E-state index in [1.807, 2.05) is 53.1 Å². The highest BCUT2D eigenvalue weighted by Gasteiger charge is 2.20. The maximum Gasteiger partial charge on any atom is 0.297 e. The summed E-state index contributed by atoms with van der Waals surface area (Å²) in [6.45, 7) is 8.70. The minimum absolute atomic E-state index is 0.112. The molecule has 0 aliphatic carbocycles. The number of rotatable bonds is 18. The van der Waals surface area contributed by atoms with E-state index in [1.54, 1.807) is 0 Å². The molecule has 202 valence electrons. The van der Waals surface area contributed by atoms with Crippen molar-refractivity contribution in [3.8, 4) is 17.2 Å². The molecular formula is C32H45NO4. The van der Waals surface area contributed by atoms with Crippen LogP contribution in [0.15, 0.2) is 53.3 Å². The zero-order chi connectivity index (χ0) is 26.3. The molecule has 3 aromatic rings. The molecule has 0 radical (unpaired) electrons. The number of hydrogen-bond acceptors (Lipinski definition) is 4. The third-order valence-electron chi connectivity index (χ3n) is 6.62. The van der Waals surface area contributed by atoms with Gasteiger partial charge in [0.25, 0.3) is 5.56 Å². The van der Waals surface area contributed by atoms with Gasteiger partial charge in [0.05, 0.1) is 18.7 Å². The van der Waals surface area contributed by atoms with Crippen LogP contribution in [0.3, 0.4) is 0 Å². The van der Waals surface area contributed by atoms with E-state index in [0.717, 1.165) is 60.7 Å². The van der Waals surface area contributed by atoms with Crippen molar-refractivity contribution in [3.63, 3.8) is 0 Å². The number of aryl methyl sites for hydroxylation is 1. The zero-order valence-corrected chi connectivity index (χ0v) is 23.1. The maximum absolute atomic E-state index is 13.8. The smallest absolute Gasteiger partial charge is 0.297 e. The summed E-state index contributed by atoms with van der Waals surface area (Å²) in [5.74, 6) is 1.66. The number of fused-ring (bicyclic) bond motifs is 1. The zero-order valence-electron chi connectivity index (χ0n) is 23.1. The van der Waals surface area contributed by atoms with E-state index < -0.39 is 0 Å². The highest BCUT2D eigenvalue weighted by atomic mass is 16.5. The summed E-state index contributed by atoms with van der Waals surface area (Å²) in [7, 11) is 0. The van der Waals surface area contributed by atoms with Crippen LogP contribution < -0.4 is 19.8 Å². The Morgan fingerprint density at radius 3 is 2.11 bits per heavy atom. The fourth-order valence-corrected chi connectivity index (χ4v) is 4.39. The van der Waals surface area contributed by atoms with Crippen LogP contribution in [0.4, 0.5) is 0 Å². The van der Waals surface area contributed by atoms with Crippen molar-refractivity contribution in [2.45, 2.75) is 98.1 Å². The molecule has 0 unspecified atom stereocenters. The van der Waals surface area contributed by atoms with Crippen LogP contribution in [0.1, 0.15) is 90.5 Å². The van der Waals surface area contributed by atoms with Gasteiger partial charge >= 0.3 is 0 Å². The monoisotopic (exact) mass is 507 g/mol. The Hall–Kier alpha value is -2.95. The van der Waals surface area contributed by atoms with Gasteiger partial charge in [0, 0.05) is 18.0 Å². The molecular weight excluding hydrogens is 462 g/mol. The summed E-state index contributed by atoms with van der Waals surface area (Å²) >= 11 is 0. The second-order valence-corrected chi connectivity index (χ2v) is 9.74. The summed E-state index contributed by atoms with van der Waals surface area (Å²) in [6.07, 6.45) is 10.9. The van der Waals surface area contributed by atoms with Crippen molar-refractivity contribution in [2.24, 2.45) is 0 Å². The van der Waals surface area contributed by atoms with E-state index in [9.17, 15) is 4.79 Å². The number of ether oxygens (including phenoxy) is 3. The quantitative estimate of drug-likeness (QED) is 0.162. The van der Waals surface area contributed by atoms with Crippen molar-refractivity contribution in [3.05, 3.63) is 64.4 Å². The molecule has 37 heavy (non-hydrogen) atoms. The largest absolute Gasteiger partial charge is 0.489 e. The van der Waals surface area contributed by atoms with Crippen molar-refractivity contribution in [1.29, 1.82) is 0 Å². The molecule has 0 spiro atoms. The van der Waals surface area contributed by atoms with E-state index in [-0.39, 0.29) is 5.56 Å². The van der Waals surface area contributed by atoms with E-state index in [2.05, 4.69) is 20.8 Å². The second-order valence-electron chi connectivity index (χ2n) is 9.74. The molecule has 3 rings (SSSR count). The topological polar surface area (TPSA) is 49.7 Å². The number of hydrogen-bond donors (Lipinski definition) is 0. The van der Waals surface area contributed by atoms with Gasteiger partial charge in [-0.05, 0) is 37.0 Å². The first kappa shape index (κ1) is 28.6. The second kappa shape index (κ2) is 16.0. The van der Waals surface area contributed by atoms with Gasteiger partial charge in [-0.1, -0.05) is 96.0 Å². The Bertz CT molecular complexity index is 1120. The van der Waals surface area contributed by atoms with E-state index >= 15 is 0 Å². The molecule has 0 N–H and O–H groups in total. The number of benzene rings is 2. The lowest BCUT2D eigenvalue weighted by molar-refractivity contribution is 0.257. The molecule has 2 aromatic carbocycles. The Balaban J connectivity index is 1.91. The predicted molar refractivity (Wildman–Crippen MR) is 153 cm³/mol. The normalized spacial score (nSPS) is 11.1. The number of aromatic nitrogens is 1. The van der Waals surface area contributed by atoms with Crippen LogP contribution in [0, 0.1) is 0 Å². The van der Waals surface area contributed by atoms with Crippen LogP contribution in [0.2, 0.25) is 0 Å². The van der Waals surface area contributed by atoms with Crippen LogP contribution in [0.25, 0.3) is 10.9 Å². The molecule has 0 aliphatic heterocycles. The summed E-state index contributed by atoms with van der Waals surface area (Å²) in [4.78, 5) is 13.8. The van der Waals surface area contributed by atoms with Crippen molar-refractivity contribution in [2.75, 3.05) is 13.2 Å². The molecule has 0 saturated carbocycles. The van der Waals surface area contributed by atoms with Crippen molar-refractivity contribution < 1.29 is 14.2 Å². The first-order valence-corrected chi connectivity index (χ1v) is 14.3. The van der Waals surface area contributed by atoms with Gasteiger partial charge in [0.1, 0.15) is 12.4 Å². The fraction of sp³-hybridized carbons (Fsp3) is 0.531. The third-order valence-corrected chi connectivity index (χ3v) is 6.62. The predicted octanol–water partition coefficient (Wildman–Crippen LogP) is 8.30. The Morgan fingerprint density at radius 1 is 0.676 bits per heavy atom. The molecule has 1 heterocycles. The summed E-state index contributed by atoms with van der Waals surface area (Å²) in [6, 6.07) is 16.1. The molecule has 0 bridgehead atoms. The minimum atomic E-state index is -0.112. The molecule has 1 aromatic heterocycles. The standard InChI is InChI=1S/C32H45NO4/c1-4-7-10-11-12-16-23-36-31-30(35-22-9-6-3)28-20-19-27(37-25-26-17-14-13-15-18-26)24-29(28)33(32(31)34)21-8-5-2/h13-15,17-20,24H,4-12,16,21-23,25H2,1-3H3. The number of pyridine rings is 1. The Kier molecular flexibility index (Phi) is 12.4. The van der Waals surface area contributed by atoms with Gasteiger partial charge in [-0.3, -0.25) is 4.79 Å². The number of nitrogens with zero attached hydrogens (tertiary/aromatic N) is 1. The first-order chi connectivity index (χ1) is 18.2. The minimum Gasteiger partial charge on any atom is -0.489 e. The van der Waals surface area contributed by atoms with E-state index in [1.165, 1.54) is 25.7 Å². The van der Waals surface area contributed by atoms with Gasteiger partial charge in [-0.25, -0.2) is 0 Å². The van der Waals surface area contributed by atoms with Gasteiger partial charge in [0.2, 0.25) is 5.75 Å². The van der Waals surface area contributed by atoms with Crippen LogP contribution >= 0.6 is 0 Å².